The van der Waals surface area contributed by atoms with Gasteiger partial charge in [0.25, 0.3) is 5.91 Å². The van der Waals surface area contributed by atoms with Gasteiger partial charge in [-0.2, -0.15) is 0 Å². The van der Waals surface area contributed by atoms with E-state index in [0.717, 1.165) is 48.4 Å². The molecule has 8 heteroatoms. The predicted molar refractivity (Wildman–Crippen MR) is 172 cm³/mol. The number of ether oxygens (including phenoxy) is 1. The highest BCUT2D eigenvalue weighted by Gasteiger charge is 2.36. The van der Waals surface area contributed by atoms with E-state index in [9.17, 15) is 19.5 Å². The minimum atomic E-state index is -1.28. The van der Waals surface area contributed by atoms with Crippen LogP contribution < -0.4 is 10.6 Å². The van der Waals surface area contributed by atoms with E-state index in [-0.39, 0.29) is 12.5 Å². The molecule has 232 valence electrons. The summed E-state index contributed by atoms with van der Waals surface area (Å²) in [6.45, 7) is 8.92. The third-order valence-corrected chi connectivity index (χ3v) is 7.18. The van der Waals surface area contributed by atoms with Crippen LogP contribution in [-0.4, -0.2) is 52.7 Å². The van der Waals surface area contributed by atoms with Gasteiger partial charge in [0.15, 0.2) is 0 Å². The Labute approximate surface area is 255 Å². The van der Waals surface area contributed by atoms with E-state index in [1.165, 1.54) is 4.90 Å². The van der Waals surface area contributed by atoms with Crippen molar-refractivity contribution in [2.24, 2.45) is 0 Å². The Kier molecular flexibility index (Phi) is 12.6. The second-order valence-electron chi connectivity index (χ2n) is 12.0. The second kappa shape index (κ2) is 16.1. The quantitative estimate of drug-likeness (QED) is 0.177. The molecular formula is C35H47N3O5. The number of alkyl carbamates (subject to hydrolysis) is 1. The average molecular weight is 590 g/mol. The fourth-order valence-corrected chi connectivity index (χ4v) is 4.96. The Morgan fingerprint density at radius 1 is 0.884 bits per heavy atom. The minimum absolute atomic E-state index is 0.279. The summed E-state index contributed by atoms with van der Waals surface area (Å²) in [6.07, 6.45) is 5.15. The number of hydrogen-bond donors (Lipinski definition) is 3. The topological polar surface area (TPSA) is 108 Å². The maximum Gasteiger partial charge on any atom is 0.408 e. The van der Waals surface area contributed by atoms with Crippen LogP contribution in [0.15, 0.2) is 66.7 Å². The van der Waals surface area contributed by atoms with Crippen molar-refractivity contribution in [3.63, 3.8) is 0 Å². The molecule has 8 nitrogen and oxygen atoms in total. The molecule has 2 atom stereocenters. The molecule has 0 radical (unpaired) electrons. The molecule has 43 heavy (non-hydrogen) atoms. The number of carbonyl (C=O) groups excluding carboxylic acids is 3. The molecule has 0 aliphatic heterocycles. The second-order valence-corrected chi connectivity index (χ2v) is 12.0. The number of nitrogens with one attached hydrogen (secondary N) is 2. The molecule has 3 rings (SSSR count). The first kappa shape index (κ1) is 33.6. The van der Waals surface area contributed by atoms with Crippen molar-refractivity contribution in [2.75, 3.05) is 18.5 Å². The fraction of sp³-hybridized carbons (Fsp3) is 0.457. The van der Waals surface area contributed by atoms with Crippen LogP contribution in [0.5, 0.6) is 0 Å². The van der Waals surface area contributed by atoms with E-state index in [1.54, 1.807) is 20.8 Å². The summed E-state index contributed by atoms with van der Waals surface area (Å²) >= 11 is 0. The molecule has 3 N–H and O–H groups in total. The highest BCUT2D eigenvalue weighted by Crippen LogP contribution is 2.27. The zero-order valence-electron chi connectivity index (χ0n) is 26.2. The molecule has 2 unspecified atom stereocenters. The van der Waals surface area contributed by atoms with Crippen LogP contribution in [0.2, 0.25) is 0 Å². The van der Waals surface area contributed by atoms with Gasteiger partial charge in [-0.1, -0.05) is 99.2 Å². The molecule has 3 aromatic rings. The van der Waals surface area contributed by atoms with E-state index < -0.39 is 36.3 Å². The molecule has 3 amide bonds. The Hall–Kier alpha value is -3.91. The lowest BCUT2D eigenvalue weighted by molar-refractivity contribution is -0.141. The van der Waals surface area contributed by atoms with Gasteiger partial charge in [-0.3, -0.25) is 9.59 Å². The molecule has 0 bridgehead atoms. The first-order valence-electron chi connectivity index (χ1n) is 15.3. The van der Waals surface area contributed by atoms with E-state index in [1.807, 2.05) is 73.7 Å². The molecule has 0 saturated carbocycles. The van der Waals surface area contributed by atoms with E-state index >= 15 is 0 Å². The Balaban J connectivity index is 1.95. The van der Waals surface area contributed by atoms with Crippen LogP contribution in [0.3, 0.4) is 0 Å². The summed E-state index contributed by atoms with van der Waals surface area (Å²) in [5.41, 5.74) is 1.48. The van der Waals surface area contributed by atoms with Crippen LogP contribution in [0, 0.1) is 6.92 Å². The number of aliphatic hydroxyl groups is 1. The number of hydrogen-bond acceptors (Lipinski definition) is 5. The van der Waals surface area contributed by atoms with Crippen LogP contribution in [0.25, 0.3) is 10.8 Å². The molecule has 0 aliphatic rings. The van der Waals surface area contributed by atoms with Crippen molar-refractivity contribution in [3.05, 3.63) is 77.9 Å². The molecule has 3 aromatic carbocycles. The molecule has 0 aromatic heterocycles. The number of nitrogens with zero attached hydrogens (tertiary/aromatic N) is 1. The summed E-state index contributed by atoms with van der Waals surface area (Å²) in [4.78, 5) is 42.2. The summed E-state index contributed by atoms with van der Waals surface area (Å²) in [5.74, 6) is -0.937. The van der Waals surface area contributed by atoms with E-state index in [0.29, 0.717) is 17.7 Å². The van der Waals surface area contributed by atoms with E-state index in [4.69, 9.17) is 4.74 Å². The normalized spacial score (nSPS) is 12.8. The van der Waals surface area contributed by atoms with Crippen molar-refractivity contribution in [3.8, 4) is 0 Å². The number of unbranched alkanes of at least 4 members (excludes halogenated alkanes) is 5. The van der Waals surface area contributed by atoms with Gasteiger partial charge in [0.1, 0.15) is 17.7 Å². The van der Waals surface area contributed by atoms with Crippen molar-refractivity contribution in [1.82, 2.24) is 10.2 Å². The molecular weight excluding hydrogens is 542 g/mol. The summed E-state index contributed by atoms with van der Waals surface area (Å²) in [6, 6.07) is 18.8. The van der Waals surface area contributed by atoms with Crippen molar-refractivity contribution >= 4 is 34.4 Å². The SMILES string of the molecule is CCCCCCCCN(C(=O)C(CO)NC(=O)OC(C)(C)C)C(C(=O)Nc1ccc2ccccc2c1)c1ccc(C)cc1. The van der Waals surface area contributed by atoms with Crippen molar-refractivity contribution in [1.29, 1.82) is 0 Å². The fourth-order valence-electron chi connectivity index (χ4n) is 4.96. The minimum Gasteiger partial charge on any atom is -0.444 e. The van der Waals surface area contributed by atoms with Crippen LogP contribution in [-0.2, 0) is 14.3 Å². The van der Waals surface area contributed by atoms with Gasteiger partial charge in [0, 0.05) is 12.2 Å². The summed E-state index contributed by atoms with van der Waals surface area (Å²) in [5, 5.41) is 17.8. The number of rotatable bonds is 14. The van der Waals surface area contributed by atoms with Gasteiger partial charge in [-0.15, -0.1) is 0 Å². The Bertz CT molecular complexity index is 1350. The summed E-state index contributed by atoms with van der Waals surface area (Å²) in [7, 11) is 0. The van der Waals surface area contributed by atoms with Gasteiger partial charge >= 0.3 is 6.09 Å². The number of amides is 3. The molecule has 0 fully saturated rings. The predicted octanol–water partition coefficient (Wildman–Crippen LogP) is 6.90. The third-order valence-electron chi connectivity index (χ3n) is 7.18. The van der Waals surface area contributed by atoms with Gasteiger partial charge in [0.05, 0.1) is 6.61 Å². The van der Waals surface area contributed by atoms with Gasteiger partial charge in [-0.25, -0.2) is 4.79 Å². The summed E-state index contributed by atoms with van der Waals surface area (Å²) < 4.78 is 5.34. The lowest BCUT2D eigenvalue weighted by Crippen LogP contribution is -2.54. The molecule has 0 saturated heterocycles. The maximum absolute atomic E-state index is 14.1. The lowest BCUT2D eigenvalue weighted by atomic mass is 10.0. The first-order valence-corrected chi connectivity index (χ1v) is 15.3. The molecule has 0 spiro atoms. The zero-order valence-corrected chi connectivity index (χ0v) is 26.2. The van der Waals surface area contributed by atoms with E-state index in [2.05, 4.69) is 17.6 Å². The van der Waals surface area contributed by atoms with Crippen LogP contribution in [0.1, 0.15) is 83.4 Å². The Morgan fingerprint density at radius 2 is 1.53 bits per heavy atom. The highest BCUT2D eigenvalue weighted by molar-refractivity contribution is 6.00. The number of anilines is 1. The zero-order chi connectivity index (χ0) is 31.4. The lowest BCUT2D eigenvalue weighted by Gasteiger charge is -2.34. The standard InChI is InChI=1S/C35H47N3O5/c1-6-7-8-9-10-13-22-38(33(41)30(24-39)37-34(42)43-35(3,4)5)31(27-18-16-25(2)17-19-27)32(40)36-29-21-20-26-14-11-12-15-28(26)23-29/h11-12,14-21,23,30-31,39H,6-10,13,22,24H2,1-5H3,(H,36,40)(H,37,42). The number of carbonyl (C=O) groups is 3. The largest absolute Gasteiger partial charge is 0.444 e. The Morgan fingerprint density at radius 3 is 2.19 bits per heavy atom. The maximum atomic E-state index is 14.1. The van der Waals surface area contributed by atoms with Gasteiger partial charge < -0.3 is 25.4 Å². The van der Waals surface area contributed by atoms with Crippen molar-refractivity contribution < 1.29 is 24.2 Å². The molecule has 0 heterocycles. The third kappa shape index (κ3) is 10.4. The van der Waals surface area contributed by atoms with Crippen LogP contribution in [0.4, 0.5) is 10.5 Å². The highest BCUT2D eigenvalue weighted by atomic mass is 16.6. The van der Waals surface area contributed by atoms with Gasteiger partial charge in [0.2, 0.25) is 5.91 Å². The number of fused-ring (bicyclic) bond motifs is 1. The monoisotopic (exact) mass is 589 g/mol. The number of benzene rings is 3. The average Bonchev–Trinajstić information content (AvgIpc) is 2.96. The smallest absolute Gasteiger partial charge is 0.408 e. The number of aryl methyl sites for hydroxylation is 1. The first-order chi connectivity index (χ1) is 20.5. The van der Waals surface area contributed by atoms with Gasteiger partial charge in [-0.05, 0) is 62.6 Å². The van der Waals surface area contributed by atoms with Crippen molar-refractivity contribution in [2.45, 2.75) is 90.8 Å². The van der Waals surface area contributed by atoms with Crippen LogP contribution >= 0.6 is 0 Å². The number of aliphatic hydroxyl groups excluding tert-OH is 1. The molecule has 0 aliphatic carbocycles.